The van der Waals surface area contributed by atoms with Crippen LogP contribution in [0.2, 0.25) is 5.02 Å². The van der Waals surface area contributed by atoms with E-state index in [0.29, 0.717) is 10.6 Å². The minimum Gasteiger partial charge on any atom is -0.334 e. The Labute approximate surface area is 180 Å². The van der Waals surface area contributed by atoms with Crippen molar-refractivity contribution in [1.29, 1.82) is 0 Å². The Morgan fingerprint density at radius 2 is 1.67 bits per heavy atom. The van der Waals surface area contributed by atoms with Gasteiger partial charge in [0.1, 0.15) is 0 Å². The zero-order chi connectivity index (χ0) is 21.1. The van der Waals surface area contributed by atoms with Gasteiger partial charge in [-0.25, -0.2) is 0 Å². The van der Waals surface area contributed by atoms with Crippen molar-refractivity contribution < 1.29 is 14.3 Å². The summed E-state index contributed by atoms with van der Waals surface area (Å²) in [7, 11) is 0. The van der Waals surface area contributed by atoms with Crippen LogP contribution in [-0.2, 0) is 4.79 Å². The van der Waals surface area contributed by atoms with Gasteiger partial charge in [0.2, 0.25) is 12.3 Å². The number of rotatable bonds is 4. The Hall–Kier alpha value is -3.44. The smallest absolute Gasteiger partial charge is 0.304 e. The van der Waals surface area contributed by atoms with Crippen molar-refractivity contribution in [1.82, 2.24) is 10.7 Å². The number of benzene rings is 3. The SMILES string of the molecule is Cc1ccc(C(=O)N[C@@H]2C(=O)N/[N+](=C\c3ccccc3)[C@@H]2c2ccc(Cl)cc2)cc1. The van der Waals surface area contributed by atoms with Gasteiger partial charge in [0, 0.05) is 21.7 Å². The third-order valence-corrected chi connectivity index (χ3v) is 5.29. The summed E-state index contributed by atoms with van der Waals surface area (Å²) in [5, 5.41) is 3.50. The first-order valence-electron chi connectivity index (χ1n) is 9.63. The van der Waals surface area contributed by atoms with Crippen molar-refractivity contribution in [3.05, 3.63) is 106 Å². The van der Waals surface area contributed by atoms with E-state index in [1.165, 1.54) is 0 Å². The maximum atomic E-state index is 12.8. The molecule has 2 atom stereocenters. The minimum atomic E-state index is -0.764. The molecule has 6 heteroatoms. The first-order chi connectivity index (χ1) is 14.5. The molecule has 1 heterocycles. The largest absolute Gasteiger partial charge is 0.334 e. The number of nitrogens with zero attached hydrogens (tertiary/aromatic N) is 1. The summed E-state index contributed by atoms with van der Waals surface area (Å²) in [6.45, 7) is 1.96. The average Bonchev–Trinajstić information content (AvgIpc) is 3.04. The molecule has 0 aliphatic carbocycles. The molecule has 4 rings (SSSR count). The van der Waals surface area contributed by atoms with E-state index >= 15 is 0 Å². The van der Waals surface area contributed by atoms with Crippen LogP contribution in [-0.4, -0.2) is 28.8 Å². The number of hydrazine groups is 1. The van der Waals surface area contributed by atoms with Gasteiger partial charge in [0.25, 0.3) is 5.91 Å². The molecule has 1 aliphatic rings. The van der Waals surface area contributed by atoms with E-state index in [1.807, 2.05) is 67.7 Å². The number of halogens is 1. The molecule has 0 bridgehead atoms. The maximum absolute atomic E-state index is 12.8. The molecule has 1 fully saturated rings. The molecular weight excluding hydrogens is 398 g/mol. The van der Waals surface area contributed by atoms with E-state index in [2.05, 4.69) is 10.7 Å². The summed E-state index contributed by atoms with van der Waals surface area (Å²) in [5.41, 5.74) is 6.24. The van der Waals surface area contributed by atoms with E-state index in [4.69, 9.17) is 11.6 Å². The zero-order valence-corrected chi connectivity index (χ0v) is 17.1. The topological polar surface area (TPSA) is 61.2 Å². The second kappa shape index (κ2) is 8.51. The van der Waals surface area contributed by atoms with E-state index in [-0.39, 0.29) is 11.8 Å². The Balaban J connectivity index is 1.69. The fraction of sp³-hybridized carbons (Fsp3) is 0.125. The average molecular weight is 419 g/mol. The number of hydrogen-bond acceptors (Lipinski definition) is 2. The fourth-order valence-electron chi connectivity index (χ4n) is 3.47. The molecule has 3 aromatic carbocycles. The van der Waals surface area contributed by atoms with E-state index < -0.39 is 12.1 Å². The second-order valence-electron chi connectivity index (χ2n) is 7.24. The molecule has 0 radical (unpaired) electrons. The molecule has 150 valence electrons. The lowest BCUT2D eigenvalue weighted by atomic mass is 9.99. The van der Waals surface area contributed by atoms with Crippen molar-refractivity contribution in [2.45, 2.75) is 19.0 Å². The molecule has 5 nitrogen and oxygen atoms in total. The lowest BCUT2D eigenvalue weighted by Gasteiger charge is -2.15. The number of amides is 2. The minimum absolute atomic E-state index is 0.275. The third-order valence-electron chi connectivity index (χ3n) is 5.04. The van der Waals surface area contributed by atoms with Crippen LogP contribution in [0.3, 0.4) is 0 Å². The van der Waals surface area contributed by atoms with Crippen LogP contribution in [0.1, 0.15) is 33.1 Å². The van der Waals surface area contributed by atoms with Gasteiger partial charge in [-0.2, -0.15) is 0 Å². The molecule has 2 amide bonds. The molecule has 3 aromatic rings. The summed E-state index contributed by atoms with van der Waals surface area (Å²) in [5.74, 6) is -0.571. The molecule has 0 saturated carbocycles. The Bertz CT molecular complexity index is 1090. The van der Waals surface area contributed by atoms with Gasteiger partial charge >= 0.3 is 5.91 Å². The maximum Gasteiger partial charge on any atom is 0.304 e. The van der Waals surface area contributed by atoms with E-state index in [1.54, 1.807) is 28.9 Å². The molecule has 1 saturated heterocycles. The van der Waals surface area contributed by atoms with Gasteiger partial charge in [0.05, 0.1) is 0 Å². The number of hydrazone groups is 1. The highest BCUT2D eigenvalue weighted by atomic mass is 35.5. The highest BCUT2D eigenvalue weighted by molar-refractivity contribution is 6.30. The molecule has 1 aliphatic heterocycles. The Kier molecular flexibility index (Phi) is 5.63. The van der Waals surface area contributed by atoms with Gasteiger partial charge in [-0.3, -0.25) is 9.59 Å². The van der Waals surface area contributed by atoms with Crippen molar-refractivity contribution in [2.75, 3.05) is 0 Å². The number of hydrogen-bond donors (Lipinski definition) is 2. The number of aryl methyl sites for hydroxylation is 1. The molecular formula is C24H21ClN3O2+. The number of nitrogens with one attached hydrogen (secondary N) is 2. The Morgan fingerprint density at radius 1 is 1.00 bits per heavy atom. The highest BCUT2D eigenvalue weighted by Gasteiger charge is 2.47. The molecule has 30 heavy (non-hydrogen) atoms. The zero-order valence-electron chi connectivity index (χ0n) is 16.4. The summed E-state index contributed by atoms with van der Waals surface area (Å²) < 4.78 is 1.74. The monoisotopic (exact) mass is 418 g/mol. The quantitative estimate of drug-likeness (QED) is 0.635. The lowest BCUT2D eigenvalue weighted by Crippen LogP contribution is -2.42. The van der Waals surface area contributed by atoms with Crippen LogP contribution < -0.4 is 10.7 Å². The third kappa shape index (κ3) is 4.26. The van der Waals surface area contributed by atoms with Crippen LogP contribution in [0.4, 0.5) is 0 Å². The first kappa shape index (κ1) is 19.9. The first-order valence-corrected chi connectivity index (χ1v) is 10.0. The van der Waals surface area contributed by atoms with Gasteiger partial charge in [-0.1, -0.05) is 59.6 Å². The van der Waals surface area contributed by atoms with Crippen molar-refractivity contribution >= 4 is 29.6 Å². The van der Waals surface area contributed by atoms with Crippen LogP contribution in [0.15, 0.2) is 78.9 Å². The summed E-state index contributed by atoms with van der Waals surface area (Å²) in [6, 6.07) is 23.0. The van der Waals surface area contributed by atoms with Gasteiger partial charge in [-0.15, -0.1) is 10.1 Å². The summed E-state index contributed by atoms with van der Waals surface area (Å²) >= 11 is 6.05. The van der Waals surface area contributed by atoms with Gasteiger partial charge < -0.3 is 5.32 Å². The predicted molar refractivity (Wildman–Crippen MR) is 117 cm³/mol. The summed E-state index contributed by atoms with van der Waals surface area (Å²) in [6.07, 6.45) is 1.86. The van der Waals surface area contributed by atoms with Crippen molar-refractivity contribution in [3.8, 4) is 0 Å². The fourth-order valence-corrected chi connectivity index (χ4v) is 3.60. The number of carbonyl (C=O) groups is 2. The standard InChI is InChI=1S/C24H20ClN3O2/c1-16-7-9-19(10-8-16)23(29)26-21-22(18-11-13-20(25)14-12-18)28(27-24(21)30)15-17-5-3-2-4-6-17/h2-15,21-22H,1H3,(H-,26,27,29,30)/p+1/b28-15-/t21-,22+/m0/s1. The highest BCUT2D eigenvalue weighted by Crippen LogP contribution is 2.26. The molecule has 2 N–H and O–H groups in total. The molecule has 0 aromatic heterocycles. The van der Waals surface area contributed by atoms with Crippen molar-refractivity contribution in [2.24, 2.45) is 0 Å². The van der Waals surface area contributed by atoms with Crippen molar-refractivity contribution in [3.63, 3.8) is 0 Å². The van der Waals surface area contributed by atoms with Crippen LogP contribution >= 0.6 is 11.6 Å². The Morgan fingerprint density at radius 3 is 2.33 bits per heavy atom. The van der Waals surface area contributed by atoms with E-state index in [0.717, 1.165) is 16.7 Å². The van der Waals surface area contributed by atoms with Crippen LogP contribution in [0, 0.1) is 6.92 Å². The van der Waals surface area contributed by atoms with Gasteiger partial charge in [-0.05, 0) is 43.3 Å². The number of carbonyl (C=O) groups excluding carboxylic acids is 2. The molecule has 0 spiro atoms. The normalized spacial score (nSPS) is 19.5. The predicted octanol–water partition coefficient (Wildman–Crippen LogP) is 3.66. The van der Waals surface area contributed by atoms with Crippen LogP contribution in [0.25, 0.3) is 0 Å². The van der Waals surface area contributed by atoms with E-state index in [9.17, 15) is 9.59 Å². The summed E-state index contributed by atoms with van der Waals surface area (Å²) in [4.78, 5) is 25.6. The van der Waals surface area contributed by atoms with Gasteiger partial charge in [0.15, 0.2) is 6.04 Å². The van der Waals surface area contributed by atoms with Crippen LogP contribution in [0.5, 0.6) is 0 Å². The second-order valence-corrected chi connectivity index (χ2v) is 7.67. The molecule has 0 unspecified atom stereocenters. The lowest BCUT2D eigenvalue weighted by molar-refractivity contribution is -0.596.